The van der Waals surface area contributed by atoms with Gasteiger partial charge in [0.2, 0.25) is 5.91 Å². The zero-order chi connectivity index (χ0) is 14.8. The number of hydrogen-bond donors (Lipinski definition) is 3. The molecule has 2 atom stereocenters. The first-order valence-corrected chi connectivity index (χ1v) is 5.56. The highest BCUT2D eigenvalue weighted by Gasteiger charge is 2.47. The van der Waals surface area contributed by atoms with Crippen molar-refractivity contribution in [1.29, 1.82) is 0 Å². The van der Waals surface area contributed by atoms with E-state index in [4.69, 9.17) is 5.11 Å². The Balaban J connectivity index is 3.23. The van der Waals surface area contributed by atoms with Crippen molar-refractivity contribution in [1.82, 2.24) is 5.32 Å². The maximum Gasteiger partial charge on any atom is 0.334 e. The zero-order valence-electron chi connectivity index (χ0n) is 10.6. The summed E-state index contributed by atoms with van der Waals surface area (Å²) in [6, 6.07) is 0. The minimum absolute atomic E-state index is 0.0769. The highest BCUT2D eigenvalue weighted by atomic mass is 16.4. The molecule has 0 heterocycles. The molecule has 1 amide bonds. The average Bonchev–Trinajstić information content (AvgIpc) is 2.30. The van der Waals surface area contributed by atoms with Crippen molar-refractivity contribution < 1.29 is 24.6 Å². The van der Waals surface area contributed by atoms with E-state index in [-0.39, 0.29) is 11.1 Å². The van der Waals surface area contributed by atoms with Gasteiger partial charge in [0.05, 0.1) is 0 Å². The molecule has 1 aliphatic rings. The SMILES string of the molecule is C=C(C)C(=O)NC1(C(=O)O)C=CC=C(C(=O)O)C1C. The average molecular weight is 265 g/mol. The lowest BCUT2D eigenvalue weighted by atomic mass is 9.76. The second kappa shape index (κ2) is 5.09. The number of hydrogen-bond acceptors (Lipinski definition) is 3. The molecular formula is C13H15NO5. The predicted molar refractivity (Wildman–Crippen MR) is 67.3 cm³/mol. The van der Waals surface area contributed by atoms with Gasteiger partial charge in [-0.15, -0.1) is 0 Å². The molecule has 0 spiro atoms. The van der Waals surface area contributed by atoms with E-state index < -0.39 is 29.3 Å². The van der Waals surface area contributed by atoms with Crippen LogP contribution in [0.1, 0.15) is 13.8 Å². The van der Waals surface area contributed by atoms with E-state index in [1.807, 2.05) is 0 Å². The van der Waals surface area contributed by atoms with E-state index in [2.05, 4.69) is 11.9 Å². The van der Waals surface area contributed by atoms with Crippen LogP contribution < -0.4 is 5.32 Å². The van der Waals surface area contributed by atoms with Gasteiger partial charge < -0.3 is 15.5 Å². The molecule has 0 aromatic heterocycles. The van der Waals surface area contributed by atoms with E-state index in [0.29, 0.717) is 0 Å². The van der Waals surface area contributed by atoms with Crippen molar-refractivity contribution in [2.24, 2.45) is 5.92 Å². The van der Waals surface area contributed by atoms with Gasteiger partial charge >= 0.3 is 11.9 Å². The van der Waals surface area contributed by atoms with Crippen LogP contribution in [0.5, 0.6) is 0 Å². The third-order valence-corrected chi connectivity index (χ3v) is 3.09. The first kappa shape index (κ1) is 14.7. The number of carbonyl (C=O) groups is 3. The van der Waals surface area contributed by atoms with Crippen LogP contribution in [0.15, 0.2) is 36.0 Å². The Labute approximate surface area is 110 Å². The van der Waals surface area contributed by atoms with Gasteiger partial charge in [-0.2, -0.15) is 0 Å². The summed E-state index contributed by atoms with van der Waals surface area (Å²) in [4.78, 5) is 34.2. The van der Waals surface area contributed by atoms with Crippen molar-refractivity contribution in [2.75, 3.05) is 0 Å². The topological polar surface area (TPSA) is 104 Å². The van der Waals surface area contributed by atoms with Gasteiger partial charge in [0.1, 0.15) is 0 Å². The van der Waals surface area contributed by atoms with Gasteiger partial charge in [0.15, 0.2) is 5.54 Å². The van der Waals surface area contributed by atoms with Crippen molar-refractivity contribution in [3.05, 3.63) is 36.0 Å². The van der Waals surface area contributed by atoms with Crippen molar-refractivity contribution in [2.45, 2.75) is 19.4 Å². The minimum Gasteiger partial charge on any atom is -0.479 e. The highest BCUT2D eigenvalue weighted by molar-refractivity contribution is 5.99. The summed E-state index contributed by atoms with van der Waals surface area (Å²) in [5, 5.41) is 20.8. The molecule has 19 heavy (non-hydrogen) atoms. The summed E-state index contributed by atoms with van der Waals surface area (Å²) >= 11 is 0. The summed E-state index contributed by atoms with van der Waals surface area (Å²) in [5.41, 5.74) is -1.71. The van der Waals surface area contributed by atoms with Crippen molar-refractivity contribution >= 4 is 17.8 Å². The number of allylic oxidation sites excluding steroid dienone is 2. The Bertz CT molecular complexity index is 517. The maximum atomic E-state index is 11.7. The molecule has 0 aromatic rings. The third kappa shape index (κ3) is 2.57. The van der Waals surface area contributed by atoms with E-state index in [9.17, 15) is 19.5 Å². The summed E-state index contributed by atoms with van der Waals surface area (Å²) in [5.74, 6) is -4.08. The quantitative estimate of drug-likeness (QED) is 0.650. The molecule has 0 saturated heterocycles. The molecule has 0 aromatic carbocycles. The molecule has 3 N–H and O–H groups in total. The molecule has 0 radical (unpaired) electrons. The summed E-state index contributed by atoms with van der Waals surface area (Å²) in [6.07, 6.45) is 3.91. The molecule has 0 aliphatic heterocycles. The zero-order valence-corrected chi connectivity index (χ0v) is 10.6. The largest absolute Gasteiger partial charge is 0.479 e. The van der Waals surface area contributed by atoms with E-state index in [1.165, 1.54) is 32.1 Å². The Morgan fingerprint density at radius 3 is 2.37 bits per heavy atom. The number of carbonyl (C=O) groups excluding carboxylic acids is 1. The Morgan fingerprint density at radius 2 is 1.95 bits per heavy atom. The Morgan fingerprint density at radius 1 is 1.37 bits per heavy atom. The van der Waals surface area contributed by atoms with Crippen LogP contribution in [0.3, 0.4) is 0 Å². The fourth-order valence-electron chi connectivity index (χ4n) is 1.85. The van der Waals surface area contributed by atoms with E-state index in [1.54, 1.807) is 0 Å². The lowest BCUT2D eigenvalue weighted by molar-refractivity contribution is -0.147. The normalized spacial score (nSPS) is 25.4. The lowest BCUT2D eigenvalue weighted by Crippen LogP contribution is -2.59. The van der Waals surface area contributed by atoms with Gasteiger partial charge in [-0.3, -0.25) is 4.79 Å². The molecule has 1 aliphatic carbocycles. The van der Waals surface area contributed by atoms with E-state index >= 15 is 0 Å². The second-order valence-corrected chi connectivity index (χ2v) is 4.42. The summed E-state index contributed by atoms with van der Waals surface area (Å²) in [7, 11) is 0. The third-order valence-electron chi connectivity index (χ3n) is 3.09. The fraction of sp³-hybridized carbons (Fsp3) is 0.308. The first-order valence-electron chi connectivity index (χ1n) is 5.56. The molecule has 0 saturated carbocycles. The Kier molecular flexibility index (Phi) is 3.94. The van der Waals surface area contributed by atoms with Crippen LogP contribution in [-0.2, 0) is 14.4 Å². The van der Waals surface area contributed by atoms with E-state index in [0.717, 1.165) is 0 Å². The predicted octanol–water partition coefficient (Wildman–Crippen LogP) is 0.719. The number of rotatable bonds is 4. The molecule has 102 valence electrons. The molecular weight excluding hydrogens is 250 g/mol. The fourth-order valence-corrected chi connectivity index (χ4v) is 1.85. The number of carboxylic acid groups (broad SMARTS) is 2. The van der Waals surface area contributed by atoms with Gasteiger partial charge in [0, 0.05) is 17.1 Å². The van der Waals surface area contributed by atoms with Crippen molar-refractivity contribution in [3.63, 3.8) is 0 Å². The number of aliphatic carboxylic acids is 2. The van der Waals surface area contributed by atoms with Gasteiger partial charge in [0.25, 0.3) is 0 Å². The second-order valence-electron chi connectivity index (χ2n) is 4.42. The lowest BCUT2D eigenvalue weighted by Gasteiger charge is -2.35. The monoisotopic (exact) mass is 265 g/mol. The van der Waals surface area contributed by atoms with Crippen LogP contribution in [0.4, 0.5) is 0 Å². The van der Waals surface area contributed by atoms with Crippen LogP contribution in [-0.4, -0.2) is 33.6 Å². The van der Waals surface area contributed by atoms with Crippen LogP contribution in [0.2, 0.25) is 0 Å². The number of carboxylic acids is 2. The van der Waals surface area contributed by atoms with Crippen LogP contribution in [0, 0.1) is 5.92 Å². The number of nitrogens with one attached hydrogen (secondary N) is 1. The maximum absolute atomic E-state index is 11.7. The molecule has 6 nitrogen and oxygen atoms in total. The molecule has 0 fully saturated rings. The standard InChI is InChI=1S/C13H15NO5/c1-7(2)10(15)14-13(12(18)19)6-4-5-9(8(13)3)11(16)17/h4-6,8H,1H2,2-3H3,(H,14,15)(H,16,17)(H,18,19). The summed E-state index contributed by atoms with van der Waals surface area (Å²) in [6.45, 7) is 6.31. The number of amides is 1. The minimum atomic E-state index is -1.78. The first-order chi connectivity index (χ1) is 8.72. The highest BCUT2D eigenvalue weighted by Crippen LogP contribution is 2.31. The van der Waals surface area contributed by atoms with Crippen LogP contribution in [0.25, 0.3) is 0 Å². The smallest absolute Gasteiger partial charge is 0.334 e. The molecule has 2 unspecified atom stereocenters. The van der Waals surface area contributed by atoms with Crippen LogP contribution >= 0.6 is 0 Å². The molecule has 0 bridgehead atoms. The van der Waals surface area contributed by atoms with Gasteiger partial charge in [-0.05, 0) is 13.0 Å². The summed E-state index contributed by atoms with van der Waals surface area (Å²) < 4.78 is 0. The molecule has 1 rings (SSSR count). The van der Waals surface area contributed by atoms with Gasteiger partial charge in [-0.1, -0.05) is 25.7 Å². The van der Waals surface area contributed by atoms with Gasteiger partial charge in [-0.25, -0.2) is 9.59 Å². The Hall–Kier alpha value is -2.37. The van der Waals surface area contributed by atoms with Crippen molar-refractivity contribution in [3.8, 4) is 0 Å². The molecule has 6 heteroatoms.